The molecule has 0 spiro atoms. The van der Waals surface area contributed by atoms with Gasteiger partial charge < -0.3 is 5.11 Å². The maximum atomic E-state index is 12.7. The molecule has 0 unspecified atom stereocenters. The molecule has 0 aliphatic carbocycles. The second-order valence-corrected chi connectivity index (χ2v) is 6.16. The van der Waals surface area contributed by atoms with E-state index >= 15 is 0 Å². The highest BCUT2D eigenvalue weighted by Crippen LogP contribution is 2.30. The van der Waals surface area contributed by atoms with Crippen molar-refractivity contribution in [1.82, 2.24) is 9.55 Å². The lowest BCUT2D eigenvalue weighted by molar-refractivity contribution is -0.385. The summed E-state index contributed by atoms with van der Waals surface area (Å²) in [5.41, 5.74) is 1.18. The van der Waals surface area contributed by atoms with Crippen LogP contribution in [0, 0.1) is 10.1 Å². The number of hydrogen-bond donors (Lipinski definition) is 1. The van der Waals surface area contributed by atoms with E-state index < -0.39 is 10.9 Å². The Balaban J connectivity index is 1.91. The molecular weight excluding hydrogens is 350 g/mol. The van der Waals surface area contributed by atoms with Crippen molar-refractivity contribution in [3.8, 4) is 0 Å². The number of hydrogen-bond acceptors (Lipinski definition) is 5. The predicted molar refractivity (Wildman–Crippen MR) is 98.5 cm³/mol. The number of nitro groups is 1. The summed E-state index contributed by atoms with van der Waals surface area (Å²) in [6, 6.07) is 10.5. The number of rotatable bonds is 3. The van der Waals surface area contributed by atoms with Crippen molar-refractivity contribution in [3.05, 3.63) is 79.9 Å². The van der Waals surface area contributed by atoms with Crippen LogP contribution in [0.15, 0.2) is 47.3 Å². The zero-order valence-electron chi connectivity index (χ0n) is 14.0. The van der Waals surface area contributed by atoms with Gasteiger partial charge in [0.15, 0.2) is 0 Å². The Labute approximate surface area is 152 Å². The van der Waals surface area contributed by atoms with Gasteiger partial charge in [-0.05, 0) is 42.3 Å². The van der Waals surface area contributed by atoms with E-state index in [4.69, 9.17) is 5.11 Å². The predicted octanol–water partition coefficient (Wildman–Crippen LogP) is 2.95. The van der Waals surface area contributed by atoms with Crippen LogP contribution in [0.2, 0.25) is 0 Å². The lowest BCUT2D eigenvalue weighted by atomic mass is 10.1. The Bertz CT molecular complexity index is 1210. The standard InChI is InChI=1S/C19H13N3O5/c23-18-14-6-5-13(19(24)25)10-15(14)20-17-12(7-8-21(17)18)9-11-3-1-2-4-16(11)22(26)27/h1-6,9-10H,7-8H2,(H,24,25)/b12-9-. The summed E-state index contributed by atoms with van der Waals surface area (Å²) in [6.07, 6.45) is 2.17. The number of benzene rings is 2. The van der Waals surface area contributed by atoms with Gasteiger partial charge in [-0.15, -0.1) is 0 Å². The van der Waals surface area contributed by atoms with Gasteiger partial charge in [-0.1, -0.05) is 12.1 Å². The number of carbonyl (C=O) groups is 1. The molecule has 1 aromatic heterocycles. The van der Waals surface area contributed by atoms with Crippen LogP contribution in [0.5, 0.6) is 0 Å². The quantitative estimate of drug-likeness (QED) is 0.565. The lowest BCUT2D eigenvalue weighted by Crippen LogP contribution is -2.21. The molecule has 4 rings (SSSR count). The Morgan fingerprint density at radius 2 is 2.04 bits per heavy atom. The minimum atomic E-state index is -1.10. The summed E-state index contributed by atoms with van der Waals surface area (Å²) in [4.78, 5) is 39.1. The molecule has 8 nitrogen and oxygen atoms in total. The van der Waals surface area contributed by atoms with E-state index in [1.807, 2.05) is 0 Å². The van der Waals surface area contributed by atoms with E-state index in [2.05, 4.69) is 4.98 Å². The Hall–Kier alpha value is -3.81. The molecule has 0 saturated heterocycles. The van der Waals surface area contributed by atoms with Gasteiger partial charge >= 0.3 is 5.97 Å². The van der Waals surface area contributed by atoms with E-state index in [0.717, 1.165) is 0 Å². The van der Waals surface area contributed by atoms with E-state index in [1.165, 1.54) is 28.8 Å². The number of aromatic carboxylic acids is 1. The summed E-state index contributed by atoms with van der Waals surface area (Å²) in [5, 5.41) is 20.7. The number of fused-ring (bicyclic) bond motifs is 2. The highest BCUT2D eigenvalue weighted by molar-refractivity contribution is 5.93. The molecule has 0 amide bonds. The summed E-state index contributed by atoms with van der Waals surface area (Å²) in [7, 11) is 0. The third-order valence-corrected chi connectivity index (χ3v) is 4.56. The SMILES string of the molecule is O=C(O)c1ccc2c(=O)n3c(nc2c1)/C(=C\c1ccccc1[N+](=O)[O-])CC3. The number of aromatic nitrogens is 2. The van der Waals surface area contributed by atoms with Crippen LogP contribution >= 0.6 is 0 Å². The minimum Gasteiger partial charge on any atom is -0.478 e. The van der Waals surface area contributed by atoms with Gasteiger partial charge in [-0.25, -0.2) is 9.78 Å². The fraction of sp³-hybridized carbons (Fsp3) is 0.105. The molecule has 1 N–H and O–H groups in total. The van der Waals surface area contributed by atoms with Crippen LogP contribution < -0.4 is 5.56 Å². The number of nitrogens with zero attached hydrogens (tertiary/aromatic N) is 3. The first-order chi connectivity index (χ1) is 13.0. The van der Waals surface area contributed by atoms with Crippen LogP contribution in [0.1, 0.15) is 28.2 Å². The third kappa shape index (κ3) is 2.77. The van der Waals surface area contributed by atoms with E-state index in [1.54, 1.807) is 24.3 Å². The van der Waals surface area contributed by atoms with Crippen molar-refractivity contribution in [3.63, 3.8) is 0 Å². The van der Waals surface area contributed by atoms with Crippen molar-refractivity contribution in [2.45, 2.75) is 13.0 Å². The third-order valence-electron chi connectivity index (χ3n) is 4.56. The maximum Gasteiger partial charge on any atom is 0.335 e. The maximum absolute atomic E-state index is 12.7. The summed E-state index contributed by atoms with van der Waals surface area (Å²) < 4.78 is 1.52. The molecule has 1 aliphatic rings. The van der Waals surface area contributed by atoms with Crippen molar-refractivity contribution < 1.29 is 14.8 Å². The van der Waals surface area contributed by atoms with Crippen molar-refractivity contribution in [2.75, 3.05) is 0 Å². The second-order valence-electron chi connectivity index (χ2n) is 6.16. The number of carboxylic acid groups (broad SMARTS) is 1. The van der Waals surface area contributed by atoms with Gasteiger partial charge in [0.05, 0.1) is 27.0 Å². The second kappa shape index (κ2) is 6.17. The molecule has 8 heteroatoms. The fourth-order valence-electron chi connectivity index (χ4n) is 3.25. The summed E-state index contributed by atoms with van der Waals surface area (Å²) in [5.74, 6) is -0.692. The number of carboxylic acids is 1. The average molecular weight is 363 g/mol. The van der Waals surface area contributed by atoms with Gasteiger partial charge in [0, 0.05) is 12.6 Å². The smallest absolute Gasteiger partial charge is 0.335 e. The van der Waals surface area contributed by atoms with Gasteiger partial charge in [-0.2, -0.15) is 0 Å². The first-order valence-electron chi connectivity index (χ1n) is 8.18. The van der Waals surface area contributed by atoms with E-state index in [0.29, 0.717) is 40.8 Å². The molecule has 0 radical (unpaired) electrons. The molecule has 1 aliphatic heterocycles. The van der Waals surface area contributed by atoms with Crippen LogP contribution in [-0.2, 0) is 6.54 Å². The summed E-state index contributed by atoms with van der Waals surface area (Å²) >= 11 is 0. The normalized spacial score (nSPS) is 14.4. The van der Waals surface area contributed by atoms with Crippen LogP contribution in [0.4, 0.5) is 5.69 Å². The van der Waals surface area contributed by atoms with Gasteiger partial charge in [0.2, 0.25) is 0 Å². The van der Waals surface area contributed by atoms with Gasteiger partial charge in [0.1, 0.15) is 5.82 Å². The monoisotopic (exact) mass is 363 g/mol. The summed E-state index contributed by atoms with van der Waals surface area (Å²) in [6.45, 7) is 0.421. The number of nitro benzene ring substituents is 1. The molecule has 0 fully saturated rings. The van der Waals surface area contributed by atoms with Crippen LogP contribution in [0.25, 0.3) is 22.6 Å². The zero-order valence-corrected chi connectivity index (χ0v) is 14.0. The van der Waals surface area contributed by atoms with Gasteiger partial charge in [0.25, 0.3) is 11.2 Å². The molecule has 0 bridgehead atoms. The molecule has 27 heavy (non-hydrogen) atoms. The van der Waals surface area contributed by atoms with Crippen LogP contribution in [0.3, 0.4) is 0 Å². The first-order valence-corrected chi connectivity index (χ1v) is 8.18. The highest BCUT2D eigenvalue weighted by Gasteiger charge is 2.22. The molecule has 0 atom stereocenters. The topological polar surface area (TPSA) is 115 Å². The molecule has 2 heterocycles. The average Bonchev–Trinajstić information content (AvgIpc) is 3.04. The van der Waals surface area contributed by atoms with E-state index in [9.17, 15) is 19.7 Å². The zero-order chi connectivity index (χ0) is 19.1. The molecule has 2 aromatic carbocycles. The van der Waals surface area contributed by atoms with E-state index in [-0.39, 0.29) is 16.8 Å². The van der Waals surface area contributed by atoms with Crippen LogP contribution in [-0.4, -0.2) is 25.6 Å². The Morgan fingerprint density at radius 1 is 1.26 bits per heavy atom. The van der Waals surface area contributed by atoms with Gasteiger partial charge in [-0.3, -0.25) is 19.5 Å². The lowest BCUT2D eigenvalue weighted by Gasteiger charge is -2.06. The number of para-hydroxylation sites is 1. The largest absolute Gasteiger partial charge is 0.478 e. The fourth-order valence-corrected chi connectivity index (χ4v) is 3.25. The van der Waals surface area contributed by atoms with Crippen molar-refractivity contribution >= 4 is 34.2 Å². The van der Waals surface area contributed by atoms with Crippen molar-refractivity contribution in [1.29, 1.82) is 0 Å². The first kappa shape index (κ1) is 16.6. The minimum absolute atomic E-state index is 0.0280. The van der Waals surface area contributed by atoms with Crippen molar-refractivity contribution in [2.24, 2.45) is 0 Å². The molecule has 3 aromatic rings. The highest BCUT2D eigenvalue weighted by atomic mass is 16.6. The molecular formula is C19H13N3O5. The number of allylic oxidation sites excluding steroid dienone is 1. The Kier molecular flexibility index (Phi) is 3.80. The molecule has 134 valence electrons. The molecule has 0 saturated carbocycles. The Morgan fingerprint density at radius 3 is 2.78 bits per heavy atom.